The number of primary amides is 1. The molecule has 0 radical (unpaired) electrons. The van der Waals surface area contributed by atoms with Crippen LogP contribution in [0.3, 0.4) is 0 Å². The molecule has 0 spiro atoms. The van der Waals surface area contributed by atoms with E-state index in [9.17, 15) is 4.79 Å². The van der Waals surface area contributed by atoms with Gasteiger partial charge in [0.05, 0.1) is 12.3 Å². The van der Waals surface area contributed by atoms with Crippen LogP contribution in [0.25, 0.3) is 0 Å². The average molecular weight is 250 g/mol. The minimum absolute atomic E-state index is 0.0757. The van der Waals surface area contributed by atoms with Crippen molar-refractivity contribution in [3.63, 3.8) is 0 Å². The number of carbonyl (C=O) groups excluding carboxylic acids is 1. The van der Waals surface area contributed by atoms with E-state index < -0.39 is 0 Å². The molecule has 2 heterocycles. The number of carbonyl (C=O) groups is 1. The average Bonchev–Trinajstić information content (AvgIpc) is 2.39. The highest BCUT2D eigenvalue weighted by atomic mass is 16.3. The van der Waals surface area contributed by atoms with Crippen molar-refractivity contribution >= 4 is 11.9 Å². The Bertz CT molecular complexity index is 416. The molecule has 1 aliphatic heterocycles. The van der Waals surface area contributed by atoms with Crippen molar-refractivity contribution in [3.05, 3.63) is 18.0 Å². The van der Waals surface area contributed by atoms with Crippen molar-refractivity contribution in [1.82, 2.24) is 9.97 Å². The Labute approximate surface area is 106 Å². The molecule has 6 heteroatoms. The largest absolute Gasteiger partial charge is 0.390 e. The SMILES string of the molecule is NC(=O)CC1CCN(c2nccc(CO)n2)CC1. The van der Waals surface area contributed by atoms with Gasteiger partial charge in [0.25, 0.3) is 0 Å². The summed E-state index contributed by atoms with van der Waals surface area (Å²) in [7, 11) is 0. The standard InChI is InChI=1S/C12H18N4O2/c13-11(18)7-9-2-5-16(6-3-9)12-14-4-1-10(8-17)15-12/h1,4,9,17H,2-3,5-8H2,(H2,13,18). The maximum Gasteiger partial charge on any atom is 0.225 e. The molecule has 2 rings (SSSR count). The number of nitrogens with zero attached hydrogens (tertiary/aromatic N) is 3. The number of piperidine rings is 1. The highest BCUT2D eigenvalue weighted by molar-refractivity contribution is 5.74. The number of aromatic nitrogens is 2. The first kappa shape index (κ1) is 12.8. The predicted octanol–water partition coefficient (Wildman–Crippen LogP) is 0.0607. The molecule has 0 saturated carbocycles. The van der Waals surface area contributed by atoms with E-state index in [2.05, 4.69) is 14.9 Å². The summed E-state index contributed by atoms with van der Waals surface area (Å²) in [6.45, 7) is 1.58. The number of hydrogen-bond acceptors (Lipinski definition) is 5. The molecule has 0 atom stereocenters. The zero-order valence-corrected chi connectivity index (χ0v) is 10.2. The summed E-state index contributed by atoms with van der Waals surface area (Å²) in [6.07, 6.45) is 3.97. The lowest BCUT2D eigenvalue weighted by Gasteiger charge is -2.31. The van der Waals surface area contributed by atoms with Crippen LogP contribution >= 0.6 is 0 Å². The Hall–Kier alpha value is -1.69. The Morgan fingerprint density at radius 3 is 2.83 bits per heavy atom. The van der Waals surface area contributed by atoms with E-state index in [1.807, 2.05) is 0 Å². The maximum atomic E-state index is 10.9. The number of hydrogen-bond donors (Lipinski definition) is 2. The second-order valence-electron chi connectivity index (χ2n) is 4.61. The third-order valence-electron chi connectivity index (χ3n) is 3.25. The number of aliphatic hydroxyl groups excluding tert-OH is 1. The Morgan fingerprint density at radius 1 is 1.50 bits per heavy atom. The zero-order chi connectivity index (χ0) is 13.0. The van der Waals surface area contributed by atoms with Gasteiger partial charge in [-0.05, 0) is 24.8 Å². The smallest absolute Gasteiger partial charge is 0.225 e. The van der Waals surface area contributed by atoms with Gasteiger partial charge in [0.1, 0.15) is 0 Å². The Morgan fingerprint density at radius 2 is 2.22 bits per heavy atom. The van der Waals surface area contributed by atoms with E-state index >= 15 is 0 Å². The van der Waals surface area contributed by atoms with Gasteiger partial charge in [0.2, 0.25) is 11.9 Å². The lowest BCUT2D eigenvalue weighted by molar-refractivity contribution is -0.119. The summed E-state index contributed by atoms with van der Waals surface area (Å²) < 4.78 is 0. The van der Waals surface area contributed by atoms with Crippen LogP contribution in [0.5, 0.6) is 0 Å². The Kier molecular flexibility index (Phi) is 4.09. The first-order valence-electron chi connectivity index (χ1n) is 6.15. The van der Waals surface area contributed by atoms with E-state index in [0.717, 1.165) is 25.9 Å². The molecule has 6 nitrogen and oxygen atoms in total. The molecule has 1 fully saturated rings. The van der Waals surface area contributed by atoms with Crippen LogP contribution in [-0.4, -0.2) is 34.1 Å². The molecule has 3 N–H and O–H groups in total. The molecule has 1 amide bonds. The number of aliphatic hydroxyl groups is 1. The van der Waals surface area contributed by atoms with Gasteiger partial charge < -0.3 is 15.7 Å². The molecule has 1 aliphatic rings. The van der Waals surface area contributed by atoms with Crippen molar-refractivity contribution in [2.75, 3.05) is 18.0 Å². The number of amides is 1. The highest BCUT2D eigenvalue weighted by Crippen LogP contribution is 2.22. The predicted molar refractivity (Wildman–Crippen MR) is 66.7 cm³/mol. The monoisotopic (exact) mass is 250 g/mol. The molecular weight excluding hydrogens is 232 g/mol. The number of nitrogens with two attached hydrogens (primary N) is 1. The third-order valence-corrected chi connectivity index (χ3v) is 3.25. The molecule has 1 saturated heterocycles. The van der Waals surface area contributed by atoms with Gasteiger partial charge >= 0.3 is 0 Å². The number of anilines is 1. The Balaban J connectivity index is 1.94. The molecule has 0 unspecified atom stereocenters. The molecule has 0 aliphatic carbocycles. The summed E-state index contributed by atoms with van der Waals surface area (Å²) in [6, 6.07) is 1.70. The van der Waals surface area contributed by atoms with Crippen molar-refractivity contribution in [3.8, 4) is 0 Å². The van der Waals surface area contributed by atoms with E-state index in [0.29, 0.717) is 24.0 Å². The number of rotatable bonds is 4. The summed E-state index contributed by atoms with van der Waals surface area (Å²) in [5, 5.41) is 9.04. The fourth-order valence-electron chi connectivity index (χ4n) is 2.25. The van der Waals surface area contributed by atoms with Gasteiger partial charge in [-0.15, -0.1) is 0 Å². The minimum atomic E-state index is -0.230. The zero-order valence-electron chi connectivity index (χ0n) is 10.2. The van der Waals surface area contributed by atoms with E-state index in [1.54, 1.807) is 12.3 Å². The second-order valence-corrected chi connectivity index (χ2v) is 4.61. The van der Waals surface area contributed by atoms with E-state index in [-0.39, 0.29) is 12.5 Å². The summed E-state index contributed by atoms with van der Waals surface area (Å²) in [5.41, 5.74) is 5.83. The third kappa shape index (κ3) is 3.16. The molecule has 0 aromatic carbocycles. The normalized spacial score (nSPS) is 16.8. The first-order valence-corrected chi connectivity index (χ1v) is 6.15. The van der Waals surface area contributed by atoms with Gasteiger partial charge in [0.15, 0.2) is 0 Å². The summed E-state index contributed by atoms with van der Waals surface area (Å²) >= 11 is 0. The van der Waals surface area contributed by atoms with Gasteiger partial charge in [-0.25, -0.2) is 9.97 Å². The summed E-state index contributed by atoms with van der Waals surface area (Å²) in [4.78, 5) is 21.4. The quantitative estimate of drug-likeness (QED) is 0.788. The molecule has 98 valence electrons. The lowest BCUT2D eigenvalue weighted by atomic mass is 9.93. The van der Waals surface area contributed by atoms with Crippen molar-refractivity contribution < 1.29 is 9.90 Å². The molecule has 1 aromatic rings. The summed E-state index contributed by atoms with van der Waals surface area (Å²) in [5.74, 6) is 0.797. The van der Waals surface area contributed by atoms with Gasteiger partial charge in [0, 0.05) is 25.7 Å². The fourth-order valence-corrected chi connectivity index (χ4v) is 2.25. The van der Waals surface area contributed by atoms with Crippen LogP contribution in [0, 0.1) is 5.92 Å². The maximum absolute atomic E-state index is 10.9. The van der Waals surface area contributed by atoms with Crippen LogP contribution in [0.15, 0.2) is 12.3 Å². The van der Waals surface area contributed by atoms with Crippen molar-refractivity contribution in [1.29, 1.82) is 0 Å². The fraction of sp³-hybridized carbons (Fsp3) is 0.583. The molecular formula is C12H18N4O2. The van der Waals surface area contributed by atoms with Gasteiger partial charge in [-0.1, -0.05) is 0 Å². The topological polar surface area (TPSA) is 92.3 Å². The van der Waals surface area contributed by atoms with Crippen LogP contribution in [0.1, 0.15) is 25.0 Å². The first-order chi connectivity index (χ1) is 8.69. The molecule has 1 aromatic heterocycles. The van der Waals surface area contributed by atoms with Gasteiger partial charge in [-0.2, -0.15) is 0 Å². The lowest BCUT2D eigenvalue weighted by Crippen LogP contribution is -2.36. The van der Waals surface area contributed by atoms with Crippen LogP contribution in [0.4, 0.5) is 5.95 Å². The van der Waals surface area contributed by atoms with Gasteiger partial charge in [-0.3, -0.25) is 4.79 Å². The van der Waals surface area contributed by atoms with Crippen molar-refractivity contribution in [2.45, 2.75) is 25.9 Å². The van der Waals surface area contributed by atoms with Crippen LogP contribution in [0.2, 0.25) is 0 Å². The highest BCUT2D eigenvalue weighted by Gasteiger charge is 2.22. The van der Waals surface area contributed by atoms with Crippen LogP contribution in [-0.2, 0) is 11.4 Å². The minimum Gasteiger partial charge on any atom is -0.390 e. The molecule has 0 bridgehead atoms. The van der Waals surface area contributed by atoms with Crippen LogP contribution < -0.4 is 10.6 Å². The van der Waals surface area contributed by atoms with E-state index in [1.165, 1.54) is 0 Å². The van der Waals surface area contributed by atoms with Crippen molar-refractivity contribution in [2.24, 2.45) is 11.7 Å². The second kappa shape index (κ2) is 5.77. The molecule has 18 heavy (non-hydrogen) atoms. The van der Waals surface area contributed by atoms with E-state index in [4.69, 9.17) is 10.8 Å².